The van der Waals surface area contributed by atoms with E-state index in [4.69, 9.17) is 9.47 Å². The predicted octanol–water partition coefficient (Wildman–Crippen LogP) is 2.97. The van der Waals surface area contributed by atoms with Crippen LogP contribution >= 0.6 is 0 Å². The van der Waals surface area contributed by atoms with Gasteiger partial charge in [0.05, 0.1) is 26.2 Å². The lowest BCUT2D eigenvalue weighted by atomic mass is 9.76. The summed E-state index contributed by atoms with van der Waals surface area (Å²) in [6.45, 7) is 5.84. The summed E-state index contributed by atoms with van der Waals surface area (Å²) in [6.07, 6.45) is 4.27. The Morgan fingerprint density at radius 3 is 1.94 bits per heavy atom. The molecule has 36 heavy (non-hydrogen) atoms. The monoisotopic (exact) mass is 549 g/mol. The first kappa shape index (κ1) is 26.4. The topological polar surface area (TPSA) is 35.5 Å². The molecule has 3 aromatic rings. The molecule has 0 amide bonds. The Bertz CT molecular complexity index is 1060. The molecule has 6 rings (SSSR count). The van der Waals surface area contributed by atoms with Crippen molar-refractivity contribution in [2.75, 3.05) is 26.2 Å². The third-order valence-corrected chi connectivity index (χ3v) is 8.22. The molecule has 3 saturated heterocycles. The SMILES string of the molecule is CC(C(=O)O[C@@H]1CC2CC[N+]1(CCCOc1ccccc1)CC2)(c1ccccc1)c1ccccc1.[Br-]. The van der Waals surface area contributed by atoms with Gasteiger partial charge in [-0.05, 0) is 36.1 Å². The van der Waals surface area contributed by atoms with Crippen molar-refractivity contribution in [1.82, 2.24) is 0 Å². The van der Waals surface area contributed by atoms with Crippen LogP contribution in [0.15, 0.2) is 91.0 Å². The van der Waals surface area contributed by atoms with E-state index < -0.39 is 5.41 Å². The van der Waals surface area contributed by atoms with Crippen LogP contribution in [-0.4, -0.2) is 42.9 Å². The molecule has 5 heteroatoms. The Balaban J connectivity index is 0.00000304. The van der Waals surface area contributed by atoms with Crippen LogP contribution in [0.1, 0.15) is 43.7 Å². The number of halogens is 1. The number of rotatable bonds is 9. The highest BCUT2D eigenvalue weighted by Crippen LogP contribution is 2.41. The fourth-order valence-corrected chi connectivity index (χ4v) is 5.97. The van der Waals surface area contributed by atoms with Gasteiger partial charge in [-0.15, -0.1) is 0 Å². The maximum atomic E-state index is 14.0. The lowest BCUT2D eigenvalue weighted by Crippen LogP contribution is -3.00. The maximum Gasteiger partial charge on any atom is 0.325 e. The summed E-state index contributed by atoms with van der Waals surface area (Å²) in [5, 5.41) is 0. The summed E-state index contributed by atoms with van der Waals surface area (Å²) in [5.74, 6) is 1.42. The molecule has 0 spiro atoms. The Labute approximate surface area is 225 Å². The van der Waals surface area contributed by atoms with Gasteiger partial charge in [0.25, 0.3) is 0 Å². The van der Waals surface area contributed by atoms with Crippen LogP contribution in [0.4, 0.5) is 0 Å². The van der Waals surface area contributed by atoms with Crippen LogP contribution in [-0.2, 0) is 14.9 Å². The molecular weight excluding hydrogens is 514 g/mol. The third-order valence-electron chi connectivity index (χ3n) is 8.22. The molecule has 3 aliphatic rings. The zero-order valence-corrected chi connectivity index (χ0v) is 22.6. The van der Waals surface area contributed by atoms with E-state index in [0.717, 1.165) is 53.8 Å². The highest BCUT2D eigenvalue weighted by molar-refractivity contribution is 5.87. The zero-order valence-electron chi connectivity index (χ0n) is 21.0. The van der Waals surface area contributed by atoms with Crippen LogP contribution in [0.3, 0.4) is 0 Å². The molecule has 0 radical (unpaired) electrons. The number of ether oxygens (including phenoxy) is 2. The van der Waals surface area contributed by atoms with E-state index >= 15 is 0 Å². The van der Waals surface area contributed by atoms with E-state index in [1.807, 2.05) is 97.9 Å². The summed E-state index contributed by atoms with van der Waals surface area (Å²) >= 11 is 0. The van der Waals surface area contributed by atoms with Gasteiger partial charge in [-0.2, -0.15) is 0 Å². The fraction of sp³-hybridized carbons (Fsp3) is 0.387. The van der Waals surface area contributed by atoms with Crippen molar-refractivity contribution in [2.45, 2.75) is 44.2 Å². The minimum atomic E-state index is -0.846. The Hall–Kier alpha value is -2.63. The van der Waals surface area contributed by atoms with Crippen molar-refractivity contribution in [1.29, 1.82) is 0 Å². The van der Waals surface area contributed by atoms with Gasteiger partial charge in [0.1, 0.15) is 11.2 Å². The van der Waals surface area contributed by atoms with Crippen molar-refractivity contribution in [2.24, 2.45) is 5.92 Å². The van der Waals surface area contributed by atoms with Gasteiger partial charge in [0, 0.05) is 25.7 Å². The number of carbonyl (C=O) groups excluding carboxylic acids is 1. The molecule has 0 unspecified atom stereocenters. The second kappa shape index (κ2) is 11.6. The molecule has 3 aromatic carbocycles. The molecule has 0 N–H and O–H groups in total. The average molecular weight is 551 g/mol. The Morgan fingerprint density at radius 2 is 1.39 bits per heavy atom. The minimum Gasteiger partial charge on any atom is -1.00 e. The summed E-state index contributed by atoms with van der Waals surface area (Å²) in [7, 11) is 0. The number of carbonyl (C=O) groups is 1. The number of esters is 1. The molecule has 190 valence electrons. The number of para-hydroxylation sites is 1. The standard InChI is InChI=1S/C31H36NO3.BrH/c1-31(26-12-5-2-6-13-26,27-14-7-3-8-15-27)30(33)35-29-24-25-18-21-32(29,22-19-25)20-11-23-34-28-16-9-4-10-17-28;/h2-10,12-17,25,29H,11,18-24H2,1H3;1H/q+1;/p-1/t25?,29-,32?;/m1./s1. The number of fused-ring (bicyclic) bond motifs is 3. The van der Waals surface area contributed by atoms with Crippen LogP contribution in [0.2, 0.25) is 0 Å². The molecule has 0 aromatic heterocycles. The highest BCUT2D eigenvalue weighted by Gasteiger charge is 2.51. The first-order valence-electron chi connectivity index (χ1n) is 13.0. The van der Waals surface area contributed by atoms with Gasteiger partial charge < -0.3 is 26.5 Å². The summed E-state index contributed by atoms with van der Waals surface area (Å²) in [4.78, 5) is 14.0. The lowest BCUT2D eigenvalue weighted by molar-refractivity contribution is -0.984. The molecule has 3 fully saturated rings. The molecule has 3 aliphatic heterocycles. The number of quaternary nitrogens is 1. The van der Waals surface area contributed by atoms with Gasteiger partial charge in [-0.3, -0.25) is 9.28 Å². The fourth-order valence-electron chi connectivity index (χ4n) is 5.97. The third kappa shape index (κ3) is 5.37. The van der Waals surface area contributed by atoms with Gasteiger partial charge >= 0.3 is 5.97 Å². The largest absolute Gasteiger partial charge is 1.00 e. The van der Waals surface area contributed by atoms with E-state index in [9.17, 15) is 4.79 Å². The molecular formula is C31H36BrNO3. The maximum absolute atomic E-state index is 14.0. The first-order chi connectivity index (χ1) is 17.1. The number of hydrogen-bond acceptors (Lipinski definition) is 3. The van der Waals surface area contributed by atoms with E-state index in [2.05, 4.69) is 0 Å². The quantitative estimate of drug-likeness (QED) is 0.234. The average Bonchev–Trinajstić information content (AvgIpc) is 2.93. The Kier molecular flexibility index (Phi) is 8.53. The number of hydrogen-bond donors (Lipinski definition) is 0. The zero-order chi connectivity index (χ0) is 24.1. The van der Waals surface area contributed by atoms with Gasteiger partial charge in [0.15, 0.2) is 0 Å². The highest BCUT2D eigenvalue weighted by atomic mass is 79.9. The van der Waals surface area contributed by atoms with E-state index in [1.165, 1.54) is 12.8 Å². The van der Waals surface area contributed by atoms with E-state index in [0.29, 0.717) is 12.5 Å². The molecule has 0 aliphatic carbocycles. The van der Waals surface area contributed by atoms with E-state index in [1.54, 1.807) is 0 Å². The minimum absolute atomic E-state index is 0. The number of nitrogens with zero attached hydrogens (tertiary/aromatic N) is 1. The molecule has 0 saturated carbocycles. The molecule has 3 heterocycles. The second-order valence-electron chi connectivity index (χ2n) is 10.3. The van der Waals surface area contributed by atoms with Crippen molar-refractivity contribution < 1.29 is 35.7 Å². The predicted molar refractivity (Wildman–Crippen MR) is 138 cm³/mol. The Morgan fingerprint density at radius 1 is 0.861 bits per heavy atom. The smallest absolute Gasteiger partial charge is 0.325 e. The van der Waals surface area contributed by atoms with Crippen LogP contribution in [0.5, 0.6) is 5.75 Å². The van der Waals surface area contributed by atoms with Gasteiger partial charge in [-0.1, -0.05) is 78.9 Å². The van der Waals surface area contributed by atoms with Crippen molar-refractivity contribution >= 4 is 5.97 Å². The van der Waals surface area contributed by atoms with Gasteiger partial charge in [-0.25, -0.2) is 0 Å². The lowest BCUT2D eigenvalue weighted by Gasteiger charge is -2.53. The van der Waals surface area contributed by atoms with Crippen LogP contribution in [0, 0.1) is 5.92 Å². The van der Waals surface area contributed by atoms with Crippen molar-refractivity contribution in [3.8, 4) is 5.75 Å². The normalized spacial score (nSPS) is 22.9. The molecule has 2 bridgehead atoms. The summed E-state index contributed by atoms with van der Waals surface area (Å²) in [6, 6.07) is 30.1. The molecule has 1 atom stereocenters. The van der Waals surface area contributed by atoms with Crippen molar-refractivity contribution in [3.63, 3.8) is 0 Å². The summed E-state index contributed by atoms with van der Waals surface area (Å²) < 4.78 is 13.4. The number of benzene rings is 3. The first-order valence-corrected chi connectivity index (χ1v) is 13.0. The van der Waals surface area contributed by atoms with Crippen LogP contribution < -0.4 is 21.7 Å². The second-order valence-corrected chi connectivity index (χ2v) is 10.3. The summed E-state index contributed by atoms with van der Waals surface area (Å²) in [5.41, 5.74) is 1.09. The van der Waals surface area contributed by atoms with E-state index in [-0.39, 0.29) is 29.2 Å². The van der Waals surface area contributed by atoms with Gasteiger partial charge in [0.2, 0.25) is 6.23 Å². The molecule has 4 nitrogen and oxygen atoms in total. The van der Waals surface area contributed by atoms with Crippen LogP contribution in [0.25, 0.3) is 0 Å². The number of piperidine rings is 3. The van der Waals surface area contributed by atoms with Crippen molar-refractivity contribution in [3.05, 3.63) is 102 Å².